The van der Waals surface area contributed by atoms with E-state index in [0.717, 1.165) is 12.8 Å². The average molecular weight is 186 g/mol. The fourth-order valence-electron chi connectivity index (χ4n) is 1.67. The monoisotopic (exact) mass is 186 g/mol. The molecule has 76 valence electrons. The molecule has 0 spiro atoms. The van der Waals surface area contributed by atoms with E-state index < -0.39 is 6.10 Å². The Bertz CT molecular complexity index is 163. The Hall–Kier alpha value is -0.610. The Morgan fingerprint density at radius 1 is 1.62 bits per heavy atom. The van der Waals surface area contributed by atoms with Crippen molar-refractivity contribution < 1.29 is 9.53 Å². The minimum atomic E-state index is -0.486. The summed E-state index contributed by atoms with van der Waals surface area (Å²) in [6.45, 7) is 0.245. The van der Waals surface area contributed by atoms with Crippen LogP contribution in [0.2, 0.25) is 0 Å². The second-order valence-electron chi connectivity index (χ2n) is 3.45. The lowest BCUT2D eigenvalue weighted by molar-refractivity contribution is -0.131. The minimum absolute atomic E-state index is 0.0723. The van der Waals surface area contributed by atoms with Gasteiger partial charge in [-0.1, -0.05) is 12.8 Å². The van der Waals surface area contributed by atoms with Gasteiger partial charge in [-0.05, 0) is 12.8 Å². The molecule has 0 aliphatic heterocycles. The first-order chi connectivity index (χ1) is 6.27. The van der Waals surface area contributed by atoms with Gasteiger partial charge in [0.05, 0.1) is 0 Å². The molecule has 0 radical (unpaired) electrons. The number of nitrogens with two attached hydrogens (primary N) is 1. The van der Waals surface area contributed by atoms with Crippen molar-refractivity contribution in [2.75, 3.05) is 13.7 Å². The molecule has 0 aromatic rings. The van der Waals surface area contributed by atoms with E-state index in [4.69, 9.17) is 10.5 Å². The number of carbonyl (C=O) groups excluding carboxylic acids is 1. The van der Waals surface area contributed by atoms with Gasteiger partial charge in [0.1, 0.15) is 6.10 Å². The van der Waals surface area contributed by atoms with Gasteiger partial charge >= 0.3 is 0 Å². The minimum Gasteiger partial charge on any atom is -0.370 e. The van der Waals surface area contributed by atoms with Gasteiger partial charge < -0.3 is 15.8 Å². The molecule has 0 saturated heterocycles. The normalized spacial score (nSPS) is 20.2. The SMILES string of the molecule is COC(CN)C(=O)NC1CCCC1. The van der Waals surface area contributed by atoms with Crippen LogP contribution in [-0.2, 0) is 9.53 Å². The van der Waals surface area contributed by atoms with Crippen molar-refractivity contribution in [2.24, 2.45) is 5.73 Å². The zero-order valence-corrected chi connectivity index (χ0v) is 8.08. The van der Waals surface area contributed by atoms with Crippen LogP contribution >= 0.6 is 0 Å². The molecular weight excluding hydrogens is 168 g/mol. The third kappa shape index (κ3) is 2.97. The lowest BCUT2D eigenvalue weighted by atomic mass is 10.2. The predicted octanol–water partition coefficient (Wildman–Crippen LogP) is 0.0189. The van der Waals surface area contributed by atoms with E-state index >= 15 is 0 Å². The van der Waals surface area contributed by atoms with Crippen LogP contribution in [-0.4, -0.2) is 31.7 Å². The molecule has 1 saturated carbocycles. The lowest BCUT2D eigenvalue weighted by Crippen LogP contribution is -2.44. The maximum Gasteiger partial charge on any atom is 0.250 e. The standard InChI is InChI=1S/C9H18N2O2/c1-13-8(6-10)9(12)11-7-4-2-3-5-7/h7-8H,2-6,10H2,1H3,(H,11,12). The smallest absolute Gasteiger partial charge is 0.250 e. The highest BCUT2D eigenvalue weighted by atomic mass is 16.5. The van der Waals surface area contributed by atoms with Crippen molar-refractivity contribution in [3.05, 3.63) is 0 Å². The highest BCUT2D eigenvalue weighted by molar-refractivity contribution is 5.81. The Labute approximate surface area is 78.8 Å². The molecule has 3 N–H and O–H groups in total. The Morgan fingerprint density at radius 2 is 2.23 bits per heavy atom. The number of carbonyl (C=O) groups is 1. The van der Waals surface area contributed by atoms with Crippen molar-refractivity contribution >= 4 is 5.91 Å². The largest absolute Gasteiger partial charge is 0.370 e. The summed E-state index contributed by atoms with van der Waals surface area (Å²) >= 11 is 0. The molecule has 13 heavy (non-hydrogen) atoms. The second-order valence-corrected chi connectivity index (χ2v) is 3.45. The van der Waals surface area contributed by atoms with Crippen LogP contribution in [0.3, 0.4) is 0 Å². The van der Waals surface area contributed by atoms with E-state index in [1.165, 1.54) is 20.0 Å². The van der Waals surface area contributed by atoms with Crippen molar-refractivity contribution in [1.82, 2.24) is 5.32 Å². The number of nitrogens with one attached hydrogen (secondary N) is 1. The van der Waals surface area contributed by atoms with Crippen LogP contribution in [0.5, 0.6) is 0 Å². The summed E-state index contributed by atoms with van der Waals surface area (Å²) in [5.41, 5.74) is 5.37. The second kappa shape index (κ2) is 5.19. The van der Waals surface area contributed by atoms with Gasteiger partial charge in [-0.2, -0.15) is 0 Å². The number of ether oxygens (including phenoxy) is 1. The third-order valence-electron chi connectivity index (χ3n) is 2.49. The highest BCUT2D eigenvalue weighted by Gasteiger charge is 2.21. The first-order valence-corrected chi connectivity index (χ1v) is 4.81. The van der Waals surface area contributed by atoms with E-state index in [9.17, 15) is 4.79 Å². The van der Waals surface area contributed by atoms with Crippen LogP contribution in [0.15, 0.2) is 0 Å². The van der Waals surface area contributed by atoms with Crippen LogP contribution in [0.1, 0.15) is 25.7 Å². The molecule has 1 fully saturated rings. The maximum atomic E-state index is 11.4. The molecule has 1 aliphatic rings. The van der Waals surface area contributed by atoms with Gasteiger partial charge in [0, 0.05) is 19.7 Å². The van der Waals surface area contributed by atoms with Crippen LogP contribution in [0.25, 0.3) is 0 Å². The van der Waals surface area contributed by atoms with Crippen molar-refractivity contribution in [3.63, 3.8) is 0 Å². The van der Waals surface area contributed by atoms with E-state index in [2.05, 4.69) is 5.32 Å². The summed E-state index contributed by atoms with van der Waals surface area (Å²) in [6.07, 6.45) is 4.12. The summed E-state index contributed by atoms with van der Waals surface area (Å²) < 4.78 is 4.93. The Kier molecular flexibility index (Phi) is 4.18. The van der Waals surface area contributed by atoms with Crippen molar-refractivity contribution in [1.29, 1.82) is 0 Å². The zero-order valence-electron chi connectivity index (χ0n) is 8.08. The maximum absolute atomic E-state index is 11.4. The number of hydrogen-bond acceptors (Lipinski definition) is 3. The van der Waals surface area contributed by atoms with Crippen LogP contribution in [0.4, 0.5) is 0 Å². The van der Waals surface area contributed by atoms with Gasteiger partial charge in [-0.15, -0.1) is 0 Å². The molecule has 0 aromatic carbocycles. The van der Waals surface area contributed by atoms with Crippen LogP contribution < -0.4 is 11.1 Å². The third-order valence-corrected chi connectivity index (χ3v) is 2.49. The number of methoxy groups -OCH3 is 1. The summed E-state index contributed by atoms with van der Waals surface area (Å²) in [5.74, 6) is -0.0723. The van der Waals surface area contributed by atoms with E-state index in [0.29, 0.717) is 6.04 Å². The number of hydrogen-bond donors (Lipinski definition) is 2. The molecular formula is C9H18N2O2. The van der Waals surface area contributed by atoms with Gasteiger partial charge in [-0.25, -0.2) is 0 Å². The lowest BCUT2D eigenvalue weighted by Gasteiger charge is -2.16. The van der Waals surface area contributed by atoms with Gasteiger partial charge in [0.2, 0.25) is 0 Å². The van der Waals surface area contributed by atoms with E-state index in [1.54, 1.807) is 0 Å². The summed E-state index contributed by atoms with van der Waals surface area (Å²) in [6, 6.07) is 0.344. The quantitative estimate of drug-likeness (QED) is 0.650. The number of amides is 1. The molecule has 1 aliphatic carbocycles. The fourth-order valence-corrected chi connectivity index (χ4v) is 1.67. The molecule has 4 heteroatoms. The first-order valence-electron chi connectivity index (χ1n) is 4.81. The summed E-state index contributed by atoms with van der Waals surface area (Å²) in [7, 11) is 1.51. The van der Waals surface area contributed by atoms with E-state index in [-0.39, 0.29) is 12.5 Å². The van der Waals surface area contributed by atoms with Gasteiger partial charge in [0.15, 0.2) is 0 Å². The molecule has 1 rings (SSSR count). The predicted molar refractivity (Wildman–Crippen MR) is 50.3 cm³/mol. The molecule has 0 bridgehead atoms. The Morgan fingerprint density at radius 3 is 2.69 bits per heavy atom. The Balaban J connectivity index is 2.29. The fraction of sp³-hybridized carbons (Fsp3) is 0.889. The van der Waals surface area contributed by atoms with Gasteiger partial charge in [-0.3, -0.25) is 4.79 Å². The molecule has 0 aromatic heterocycles. The van der Waals surface area contributed by atoms with Crippen LogP contribution in [0, 0.1) is 0 Å². The van der Waals surface area contributed by atoms with Crippen molar-refractivity contribution in [3.8, 4) is 0 Å². The van der Waals surface area contributed by atoms with Crippen molar-refractivity contribution in [2.45, 2.75) is 37.8 Å². The molecule has 0 heterocycles. The van der Waals surface area contributed by atoms with E-state index in [1.807, 2.05) is 0 Å². The highest BCUT2D eigenvalue weighted by Crippen LogP contribution is 2.17. The first kappa shape index (κ1) is 10.5. The topological polar surface area (TPSA) is 64.3 Å². The summed E-state index contributed by atoms with van der Waals surface area (Å²) in [5, 5.41) is 2.94. The molecule has 1 atom stereocenters. The zero-order chi connectivity index (χ0) is 9.68. The molecule has 4 nitrogen and oxygen atoms in total. The molecule has 1 amide bonds. The molecule has 1 unspecified atom stereocenters. The van der Waals surface area contributed by atoms with Gasteiger partial charge in [0.25, 0.3) is 5.91 Å². The summed E-state index contributed by atoms with van der Waals surface area (Å²) in [4.78, 5) is 11.4. The average Bonchev–Trinajstić information content (AvgIpc) is 2.59. The number of rotatable bonds is 4.